The average Bonchev–Trinajstić information content (AvgIpc) is 2.98. The minimum atomic E-state index is 0.538. The van der Waals surface area contributed by atoms with Crippen molar-refractivity contribution in [1.82, 2.24) is 5.16 Å². The Morgan fingerprint density at radius 1 is 0.909 bits per heavy atom. The lowest BCUT2D eigenvalue weighted by Gasteiger charge is -2.13. The topological polar surface area (TPSA) is 35.3 Å². The van der Waals surface area contributed by atoms with E-state index in [1.54, 1.807) is 0 Å². The van der Waals surface area contributed by atoms with Crippen LogP contribution in [0.4, 0.5) is 0 Å². The minimum Gasteiger partial charge on any atom is -0.464 e. The molecule has 128 valence electrons. The smallest absolute Gasteiger partial charge is 0.311 e. The first-order valence-electron chi connectivity index (χ1n) is 9.41. The molecule has 1 atom stereocenters. The van der Waals surface area contributed by atoms with Crippen LogP contribution in [0.15, 0.2) is 10.6 Å². The van der Waals surface area contributed by atoms with Crippen LogP contribution in [0.1, 0.15) is 103 Å². The second-order valence-electron chi connectivity index (χ2n) is 6.25. The van der Waals surface area contributed by atoms with E-state index in [1.165, 1.54) is 70.6 Å². The lowest BCUT2D eigenvalue weighted by atomic mass is 9.92. The van der Waals surface area contributed by atoms with Gasteiger partial charge in [-0.15, -0.1) is 0 Å². The Kier molecular flexibility index (Phi) is 10.9. The van der Waals surface area contributed by atoms with Gasteiger partial charge in [0.1, 0.15) is 0 Å². The molecule has 0 aromatic carbocycles. The fraction of sp³-hybridized carbons (Fsp3) is 0.842. The predicted octanol–water partition coefficient (Wildman–Crippen LogP) is 6.49. The standard InChI is InChI=1S/C19H35NO2/c1-4-7-9-10-11-13-15-17(14-12-8-5-2)18-16-19(21-6-3)22-20-18/h16-17H,4-15H2,1-3H3. The molecule has 3 nitrogen and oxygen atoms in total. The van der Waals surface area contributed by atoms with Crippen LogP contribution in [0.25, 0.3) is 0 Å². The first-order chi connectivity index (χ1) is 10.8. The third-order valence-corrected chi connectivity index (χ3v) is 4.27. The number of nitrogens with zero attached hydrogens (tertiary/aromatic N) is 1. The van der Waals surface area contributed by atoms with Crippen LogP contribution in [0, 0.1) is 0 Å². The van der Waals surface area contributed by atoms with Gasteiger partial charge in [0.05, 0.1) is 12.3 Å². The number of rotatable bonds is 14. The Labute approximate surface area is 136 Å². The molecule has 0 N–H and O–H groups in total. The van der Waals surface area contributed by atoms with Crippen LogP contribution in [-0.2, 0) is 0 Å². The van der Waals surface area contributed by atoms with Crippen molar-refractivity contribution in [2.75, 3.05) is 6.61 Å². The highest BCUT2D eigenvalue weighted by Gasteiger charge is 2.16. The van der Waals surface area contributed by atoms with Crippen molar-refractivity contribution in [2.24, 2.45) is 0 Å². The monoisotopic (exact) mass is 309 g/mol. The van der Waals surface area contributed by atoms with E-state index < -0.39 is 0 Å². The third kappa shape index (κ3) is 7.86. The van der Waals surface area contributed by atoms with Gasteiger partial charge in [0.25, 0.3) is 0 Å². The van der Waals surface area contributed by atoms with E-state index >= 15 is 0 Å². The van der Waals surface area contributed by atoms with Gasteiger partial charge in [-0.1, -0.05) is 76.8 Å². The molecule has 0 aliphatic rings. The molecule has 0 radical (unpaired) electrons. The zero-order valence-electron chi connectivity index (χ0n) is 14.9. The van der Waals surface area contributed by atoms with E-state index in [0.29, 0.717) is 18.5 Å². The van der Waals surface area contributed by atoms with E-state index in [1.807, 2.05) is 13.0 Å². The van der Waals surface area contributed by atoms with Crippen LogP contribution in [0.2, 0.25) is 0 Å². The number of hydrogen-bond donors (Lipinski definition) is 0. The van der Waals surface area contributed by atoms with Crippen LogP contribution in [-0.4, -0.2) is 11.8 Å². The largest absolute Gasteiger partial charge is 0.464 e. The third-order valence-electron chi connectivity index (χ3n) is 4.27. The summed E-state index contributed by atoms with van der Waals surface area (Å²) < 4.78 is 10.7. The summed E-state index contributed by atoms with van der Waals surface area (Å²) in [7, 11) is 0. The summed E-state index contributed by atoms with van der Waals surface area (Å²) in [6, 6.07) is 2.00. The number of aromatic nitrogens is 1. The van der Waals surface area contributed by atoms with Gasteiger partial charge in [0.15, 0.2) is 0 Å². The van der Waals surface area contributed by atoms with E-state index in [4.69, 9.17) is 9.26 Å². The van der Waals surface area contributed by atoms with E-state index in [2.05, 4.69) is 19.0 Å². The Hall–Kier alpha value is -0.990. The summed E-state index contributed by atoms with van der Waals surface area (Å²) in [6.45, 7) is 7.13. The highest BCUT2D eigenvalue weighted by molar-refractivity contribution is 5.14. The Morgan fingerprint density at radius 3 is 2.18 bits per heavy atom. The molecule has 0 spiro atoms. The van der Waals surface area contributed by atoms with Crippen molar-refractivity contribution in [2.45, 2.75) is 97.3 Å². The molecule has 0 aliphatic heterocycles. The Bertz CT molecular complexity index is 362. The van der Waals surface area contributed by atoms with Crippen molar-refractivity contribution >= 4 is 0 Å². The normalized spacial score (nSPS) is 12.5. The quantitative estimate of drug-likeness (QED) is 0.368. The van der Waals surface area contributed by atoms with Crippen molar-refractivity contribution < 1.29 is 9.26 Å². The molecule has 1 aromatic rings. The summed E-state index contributed by atoms with van der Waals surface area (Å²) >= 11 is 0. The average molecular weight is 309 g/mol. The molecule has 1 rings (SSSR count). The van der Waals surface area contributed by atoms with Gasteiger partial charge >= 0.3 is 5.95 Å². The van der Waals surface area contributed by atoms with Crippen LogP contribution < -0.4 is 4.74 Å². The molecule has 0 bridgehead atoms. The van der Waals surface area contributed by atoms with Gasteiger partial charge in [0, 0.05) is 12.0 Å². The van der Waals surface area contributed by atoms with E-state index in [0.717, 1.165) is 5.69 Å². The zero-order valence-corrected chi connectivity index (χ0v) is 14.9. The van der Waals surface area contributed by atoms with Crippen LogP contribution >= 0.6 is 0 Å². The Morgan fingerprint density at radius 2 is 1.50 bits per heavy atom. The maximum atomic E-state index is 5.40. The van der Waals surface area contributed by atoms with Crippen molar-refractivity contribution in [3.8, 4) is 5.95 Å². The summed E-state index contributed by atoms with van der Waals surface area (Å²) in [5, 5.41) is 4.24. The summed E-state index contributed by atoms with van der Waals surface area (Å²) in [4.78, 5) is 0. The highest BCUT2D eigenvalue weighted by Crippen LogP contribution is 2.30. The van der Waals surface area contributed by atoms with E-state index in [-0.39, 0.29) is 0 Å². The summed E-state index contributed by atoms with van der Waals surface area (Å²) in [5.74, 6) is 1.11. The zero-order chi connectivity index (χ0) is 16.0. The predicted molar refractivity (Wildman–Crippen MR) is 92.5 cm³/mol. The molecule has 1 heterocycles. The van der Waals surface area contributed by atoms with E-state index in [9.17, 15) is 0 Å². The van der Waals surface area contributed by atoms with Gasteiger partial charge < -0.3 is 9.26 Å². The van der Waals surface area contributed by atoms with Gasteiger partial charge in [-0.25, -0.2) is 0 Å². The van der Waals surface area contributed by atoms with Crippen molar-refractivity contribution in [1.29, 1.82) is 0 Å². The fourth-order valence-electron chi connectivity index (χ4n) is 2.93. The SMILES string of the molecule is CCCCCCCCC(CCCCC)c1cc(OCC)on1. The van der Waals surface area contributed by atoms with Gasteiger partial charge in [-0.3, -0.25) is 0 Å². The molecule has 0 saturated carbocycles. The van der Waals surface area contributed by atoms with Gasteiger partial charge in [-0.2, -0.15) is 0 Å². The second kappa shape index (κ2) is 12.5. The molecule has 0 fully saturated rings. The fourth-order valence-corrected chi connectivity index (χ4v) is 2.93. The Balaban J connectivity index is 2.40. The first-order valence-corrected chi connectivity index (χ1v) is 9.41. The molecular weight excluding hydrogens is 274 g/mol. The summed E-state index contributed by atoms with van der Waals surface area (Å²) in [6.07, 6.45) is 14.4. The number of hydrogen-bond acceptors (Lipinski definition) is 3. The maximum Gasteiger partial charge on any atom is 0.311 e. The maximum absolute atomic E-state index is 5.40. The number of ether oxygens (including phenoxy) is 1. The van der Waals surface area contributed by atoms with Crippen molar-refractivity contribution in [3.63, 3.8) is 0 Å². The molecule has 22 heavy (non-hydrogen) atoms. The molecule has 0 saturated heterocycles. The van der Waals surface area contributed by atoms with Crippen molar-refractivity contribution in [3.05, 3.63) is 11.8 Å². The number of unbranched alkanes of at least 4 members (excludes halogenated alkanes) is 7. The molecular formula is C19H35NO2. The van der Waals surface area contributed by atoms with Crippen LogP contribution in [0.3, 0.4) is 0 Å². The minimum absolute atomic E-state index is 0.538. The highest BCUT2D eigenvalue weighted by atomic mass is 16.6. The van der Waals surface area contributed by atoms with Crippen LogP contribution in [0.5, 0.6) is 5.95 Å². The molecule has 1 unspecified atom stereocenters. The first kappa shape index (κ1) is 19.1. The molecule has 3 heteroatoms. The molecule has 0 amide bonds. The lowest BCUT2D eigenvalue weighted by molar-refractivity contribution is 0.223. The van der Waals surface area contributed by atoms with Gasteiger partial charge in [0.2, 0.25) is 0 Å². The lowest BCUT2D eigenvalue weighted by Crippen LogP contribution is -2.00. The summed E-state index contributed by atoms with van der Waals surface area (Å²) in [5.41, 5.74) is 1.09. The molecule has 1 aromatic heterocycles. The second-order valence-corrected chi connectivity index (χ2v) is 6.25. The van der Waals surface area contributed by atoms with Gasteiger partial charge in [-0.05, 0) is 19.8 Å². The molecule has 0 aliphatic carbocycles.